The Morgan fingerprint density at radius 1 is 0.967 bits per heavy atom. The lowest BCUT2D eigenvalue weighted by molar-refractivity contribution is 0.111. The molecule has 1 saturated carbocycles. The van der Waals surface area contributed by atoms with Crippen LogP contribution in [0.15, 0.2) is 53.4 Å². The zero-order valence-electron chi connectivity index (χ0n) is 17.5. The Kier molecular flexibility index (Phi) is 5.33. The maximum Gasteiger partial charge on any atom is 0.247 e. The van der Waals surface area contributed by atoms with E-state index in [9.17, 15) is 8.42 Å². The van der Waals surface area contributed by atoms with Crippen LogP contribution in [0.1, 0.15) is 36.8 Å². The highest BCUT2D eigenvalue weighted by Gasteiger charge is 2.45. The van der Waals surface area contributed by atoms with Gasteiger partial charge >= 0.3 is 0 Å². The summed E-state index contributed by atoms with van der Waals surface area (Å²) in [6.07, 6.45) is 3.79. The fourth-order valence-corrected chi connectivity index (χ4v) is 6.59. The van der Waals surface area contributed by atoms with Crippen molar-refractivity contribution in [2.24, 2.45) is 5.92 Å². The van der Waals surface area contributed by atoms with Gasteiger partial charge < -0.3 is 4.74 Å². The van der Waals surface area contributed by atoms with Gasteiger partial charge in [-0.3, -0.25) is 4.90 Å². The van der Waals surface area contributed by atoms with Gasteiger partial charge in [0.1, 0.15) is 16.7 Å². The van der Waals surface area contributed by atoms with E-state index in [1.54, 1.807) is 22.5 Å². The summed E-state index contributed by atoms with van der Waals surface area (Å²) in [5.74, 6) is 1.01. The fraction of sp³-hybridized carbons (Fsp3) is 0.500. The van der Waals surface area contributed by atoms with E-state index in [0.717, 1.165) is 45.3 Å². The SMILES string of the molecule is Cc1ccc(CN2CC[C@@H]3[C@@H](CC2)Oc2ccccc2S(=O)(=O)N3CC2CC2)cc1. The smallest absolute Gasteiger partial charge is 0.247 e. The van der Waals surface area contributed by atoms with Crippen molar-refractivity contribution in [1.29, 1.82) is 0 Å². The molecule has 2 aliphatic heterocycles. The first kappa shape index (κ1) is 20.0. The Morgan fingerprint density at radius 2 is 1.70 bits per heavy atom. The highest BCUT2D eigenvalue weighted by molar-refractivity contribution is 7.89. The summed E-state index contributed by atoms with van der Waals surface area (Å²) in [7, 11) is -3.55. The Labute approximate surface area is 179 Å². The molecule has 2 atom stereocenters. The molecule has 6 heteroatoms. The number of para-hydroxylation sites is 1. The van der Waals surface area contributed by atoms with Gasteiger partial charge in [-0.15, -0.1) is 0 Å². The minimum Gasteiger partial charge on any atom is -0.487 e. The molecule has 0 unspecified atom stereocenters. The number of benzene rings is 2. The van der Waals surface area contributed by atoms with Crippen LogP contribution >= 0.6 is 0 Å². The topological polar surface area (TPSA) is 49.9 Å². The number of aryl methyl sites for hydroxylation is 1. The van der Waals surface area contributed by atoms with Crippen molar-refractivity contribution in [3.63, 3.8) is 0 Å². The van der Waals surface area contributed by atoms with Gasteiger partial charge in [0, 0.05) is 26.2 Å². The third-order valence-electron chi connectivity index (χ3n) is 6.65. The molecule has 3 aliphatic rings. The second kappa shape index (κ2) is 7.98. The van der Waals surface area contributed by atoms with Crippen LogP contribution < -0.4 is 4.74 Å². The van der Waals surface area contributed by atoms with E-state index in [0.29, 0.717) is 23.1 Å². The molecule has 5 nitrogen and oxygen atoms in total. The molecule has 30 heavy (non-hydrogen) atoms. The molecule has 0 radical (unpaired) electrons. The predicted molar refractivity (Wildman–Crippen MR) is 117 cm³/mol. The Morgan fingerprint density at radius 3 is 2.47 bits per heavy atom. The van der Waals surface area contributed by atoms with Crippen LogP contribution in [0.2, 0.25) is 0 Å². The Bertz CT molecular complexity index is 1000. The zero-order valence-corrected chi connectivity index (χ0v) is 18.4. The number of hydrogen-bond donors (Lipinski definition) is 0. The standard InChI is InChI=1S/C24H30N2O3S/c1-18-6-8-19(9-7-18)16-25-14-12-21-22(13-15-25)29-23-4-2-3-5-24(23)30(27,28)26(21)17-20-10-11-20/h2-9,20-22H,10-17H2,1H3/t21-,22-/m1/s1. The summed E-state index contributed by atoms with van der Waals surface area (Å²) in [4.78, 5) is 2.77. The number of hydrogen-bond acceptors (Lipinski definition) is 4. The van der Waals surface area contributed by atoms with Gasteiger partial charge in [-0.1, -0.05) is 42.0 Å². The summed E-state index contributed by atoms with van der Waals surface area (Å²) < 4.78 is 35.3. The van der Waals surface area contributed by atoms with Crippen LogP contribution in [0.3, 0.4) is 0 Å². The molecule has 1 aliphatic carbocycles. The normalized spacial score (nSPS) is 26.7. The molecule has 160 valence electrons. The molecule has 5 rings (SSSR count). The van der Waals surface area contributed by atoms with E-state index >= 15 is 0 Å². The Hall–Kier alpha value is -1.89. The lowest BCUT2D eigenvalue weighted by Crippen LogP contribution is -2.48. The highest BCUT2D eigenvalue weighted by Crippen LogP contribution is 2.39. The van der Waals surface area contributed by atoms with Crippen LogP contribution in [-0.4, -0.2) is 49.4 Å². The first-order chi connectivity index (χ1) is 14.5. The molecule has 0 N–H and O–H groups in total. The second-order valence-corrected chi connectivity index (χ2v) is 10.9. The first-order valence-electron chi connectivity index (χ1n) is 11.1. The summed E-state index contributed by atoms with van der Waals surface area (Å²) in [6.45, 7) is 5.41. The maximum absolute atomic E-state index is 13.6. The highest BCUT2D eigenvalue weighted by atomic mass is 32.2. The van der Waals surface area contributed by atoms with E-state index in [-0.39, 0.29) is 12.1 Å². The third-order valence-corrected chi connectivity index (χ3v) is 8.58. The summed E-state index contributed by atoms with van der Waals surface area (Å²) in [6, 6.07) is 15.7. The average Bonchev–Trinajstić information content (AvgIpc) is 3.57. The van der Waals surface area contributed by atoms with Crippen molar-refractivity contribution in [1.82, 2.24) is 9.21 Å². The number of sulfonamides is 1. The number of rotatable bonds is 4. The second-order valence-electron chi connectivity index (χ2n) is 9.03. The molecular formula is C24H30N2O3S. The lowest BCUT2D eigenvalue weighted by Gasteiger charge is -2.31. The summed E-state index contributed by atoms with van der Waals surface area (Å²) in [5, 5.41) is 0. The molecule has 0 aromatic heterocycles. The van der Waals surface area contributed by atoms with Crippen LogP contribution in [0, 0.1) is 12.8 Å². The number of fused-ring (bicyclic) bond motifs is 2. The van der Waals surface area contributed by atoms with Gasteiger partial charge in [0.15, 0.2) is 0 Å². The van der Waals surface area contributed by atoms with Crippen LogP contribution in [0.4, 0.5) is 0 Å². The monoisotopic (exact) mass is 426 g/mol. The number of ether oxygens (including phenoxy) is 1. The van der Waals surface area contributed by atoms with Crippen LogP contribution in [0.5, 0.6) is 5.75 Å². The van der Waals surface area contributed by atoms with E-state index in [1.165, 1.54) is 11.1 Å². The van der Waals surface area contributed by atoms with Gasteiger partial charge in [-0.25, -0.2) is 8.42 Å². The van der Waals surface area contributed by atoms with Gasteiger partial charge in [0.25, 0.3) is 0 Å². The molecular weight excluding hydrogens is 396 g/mol. The van der Waals surface area contributed by atoms with Crippen molar-refractivity contribution < 1.29 is 13.2 Å². The molecule has 2 aromatic rings. The molecule has 2 fully saturated rings. The van der Waals surface area contributed by atoms with Crippen molar-refractivity contribution in [2.75, 3.05) is 19.6 Å². The summed E-state index contributed by atoms with van der Waals surface area (Å²) in [5.41, 5.74) is 2.57. The summed E-state index contributed by atoms with van der Waals surface area (Å²) >= 11 is 0. The molecule has 0 spiro atoms. The van der Waals surface area contributed by atoms with Crippen molar-refractivity contribution in [3.05, 3.63) is 59.7 Å². The lowest BCUT2D eigenvalue weighted by atomic mass is 10.1. The molecule has 0 bridgehead atoms. The van der Waals surface area contributed by atoms with Crippen LogP contribution in [-0.2, 0) is 16.6 Å². The largest absolute Gasteiger partial charge is 0.487 e. The number of nitrogens with zero attached hydrogens (tertiary/aromatic N) is 2. The maximum atomic E-state index is 13.6. The minimum atomic E-state index is -3.55. The third kappa shape index (κ3) is 4.01. The van der Waals surface area contributed by atoms with Gasteiger partial charge in [0.2, 0.25) is 10.0 Å². The van der Waals surface area contributed by atoms with Crippen molar-refractivity contribution in [3.8, 4) is 5.75 Å². The van der Waals surface area contributed by atoms with Crippen molar-refractivity contribution >= 4 is 10.0 Å². The quantitative estimate of drug-likeness (QED) is 0.746. The van der Waals surface area contributed by atoms with E-state index < -0.39 is 10.0 Å². The molecule has 2 aromatic carbocycles. The molecule has 0 amide bonds. The van der Waals surface area contributed by atoms with Crippen LogP contribution in [0.25, 0.3) is 0 Å². The zero-order chi connectivity index (χ0) is 20.7. The van der Waals surface area contributed by atoms with Crippen molar-refractivity contribution in [2.45, 2.75) is 56.2 Å². The molecule has 1 saturated heterocycles. The van der Waals surface area contributed by atoms with Gasteiger partial charge in [-0.05, 0) is 56.2 Å². The average molecular weight is 427 g/mol. The number of likely N-dealkylation sites (tertiary alicyclic amines) is 1. The Balaban J connectivity index is 1.42. The first-order valence-corrected chi connectivity index (χ1v) is 12.5. The van der Waals surface area contributed by atoms with E-state index in [4.69, 9.17) is 4.74 Å². The van der Waals surface area contributed by atoms with Gasteiger partial charge in [0.05, 0.1) is 6.04 Å². The molecule has 2 heterocycles. The van der Waals surface area contributed by atoms with Gasteiger partial charge in [-0.2, -0.15) is 4.31 Å². The predicted octanol–water partition coefficient (Wildman–Crippen LogP) is 3.82. The van der Waals surface area contributed by atoms with E-state index in [1.807, 2.05) is 6.07 Å². The van der Waals surface area contributed by atoms with E-state index in [2.05, 4.69) is 36.1 Å². The minimum absolute atomic E-state index is 0.106. The fourth-order valence-electron chi connectivity index (χ4n) is 4.71.